The molecule has 33 heavy (non-hydrogen) atoms. The summed E-state index contributed by atoms with van der Waals surface area (Å²) in [6, 6.07) is 11.9. The summed E-state index contributed by atoms with van der Waals surface area (Å²) in [5, 5.41) is 24.5. The van der Waals surface area contributed by atoms with Gasteiger partial charge in [0.25, 0.3) is 0 Å². The summed E-state index contributed by atoms with van der Waals surface area (Å²) in [6.07, 6.45) is -2.12. The molecular formula is C24H30N2O7. The molecule has 0 radical (unpaired) electrons. The number of ether oxygens (including phenoxy) is 2. The second-order valence-electron chi connectivity index (χ2n) is 8.49. The predicted octanol–water partition coefficient (Wildman–Crippen LogP) is 2.57. The molecule has 0 aliphatic heterocycles. The zero-order valence-corrected chi connectivity index (χ0v) is 19.1. The van der Waals surface area contributed by atoms with Gasteiger partial charge in [-0.05, 0) is 51.0 Å². The van der Waals surface area contributed by atoms with Crippen LogP contribution in [0.5, 0.6) is 5.75 Å². The van der Waals surface area contributed by atoms with Crippen LogP contribution < -0.4 is 10.6 Å². The minimum Gasteiger partial charge on any atom is -0.508 e. The topological polar surface area (TPSA) is 134 Å². The van der Waals surface area contributed by atoms with Crippen molar-refractivity contribution in [3.63, 3.8) is 0 Å². The molecule has 2 aromatic rings. The number of alkyl carbamates (subject to hydrolysis) is 1. The fourth-order valence-electron chi connectivity index (χ4n) is 2.82. The molecule has 0 saturated heterocycles. The number of aliphatic hydroxyl groups excluding tert-OH is 1. The standard InChI is InChI=1S/C24H30N2O7/c1-15(27)19(22(30)32-14-16-8-6-5-7-9-16)25-21(29)20(17-10-12-18(28)13-11-17)26-23(31)33-24(2,3)4/h5-13,15,19-20,27-28H,14H2,1-4H3,(H,25,29)(H,26,31)/t15-,19-,20+/m1/s1. The number of amides is 2. The van der Waals surface area contributed by atoms with Gasteiger partial charge < -0.3 is 30.3 Å². The summed E-state index contributed by atoms with van der Waals surface area (Å²) in [7, 11) is 0. The highest BCUT2D eigenvalue weighted by molar-refractivity contribution is 5.90. The van der Waals surface area contributed by atoms with Crippen LogP contribution in [0.4, 0.5) is 4.79 Å². The molecule has 0 spiro atoms. The number of esters is 1. The van der Waals surface area contributed by atoms with Gasteiger partial charge in [-0.1, -0.05) is 42.5 Å². The lowest BCUT2D eigenvalue weighted by Gasteiger charge is -2.26. The van der Waals surface area contributed by atoms with Gasteiger partial charge >= 0.3 is 12.1 Å². The van der Waals surface area contributed by atoms with Gasteiger partial charge in [0.1, 0.15) is 24.0 Å². The smallest absolute Gasteiger partial charge is 0.408 e. The van der Waals surface area contributed by atoms with Gasteiger partial charge in [0.2, 0.25) is 5.91 Å². The third-order valence-electron chi connectivity index (χ3n) is 4.41. The molecule has 3 atom stereocenters. The number of aromatic hydroxyl groups is 1. The van der Waals surface area contributed by atoms with E-state index in [0.29, 0.717) is 5.56 Å². The molecule has 2 amide bonds. The largest absolute Gasteiger partial charge is 0.508 e. The van der Waals surface area contributed by atoms with E-state index in [1.807, 2.05) is 6.07 Å². The van der Waals surface area contributed by atoms with Crippen molar-refractivity contribution in [2.24, 2.45) is 0 Å². The lowest BCUT2D eigenvalue weighted by Crippen LogP contribution is -2.52. The number of aliphatic hydroxyl groups is 1. The lowest BCUT2D eigenvalue weighted by atomic mass is 10.0. The summed E-state index contributed by atoms with van der Waals surface area (Å²) in [6.45, 7) is 6.33. The van der Waals surface area contributed by atoms with Crippen LogP contribution >= 0.6 is 0 Å². The van der Waals surface area contributed by atoms with Crippen molar-refractivity contribution < 1.29 is 34.1 Å². The van der Waals surface area contributed by atoms with Gasteiger partial charge in [-0.15, -0.1) is 0 Å². The van der Waals surface area contributed by atoms with E-state index in [-0.39, 0.29) is 12.4 Å². The van der Waals surface area contributed by atoms with Crippen molar-refractivity contribution >= 4 is 18.0 Å². The first-order chi connectivity index (χ1) is 15.5. The van der Waals surface area contributed by atoms with Crippen LogP contribution in [0.15, 0.2) is 54.6 Å². The molecule has 9 nitrogen and oxygen atoms in total. The fourth-order valence-corrected chi connectivity index (χ4v) is 2.82. The molecule has 2 rings (SSSR count). The van der Waals surface area contributed by atoms with Crippen LogP contribution in [-0.2, 0) is 25.7 Å². The zero-order chi connectivity index (χ0) is 24.6. The highest BCUT2D eigenvalue weighted by Crippen LogP contribution is 2.19. The summed E-state index contributed by atoms with van der Waals surface area (Å²) in [5.41, 5.74) is 0.275. The first kappa shape index (κ1) is 25.7. The molecule has 4 N–H and O–H groups in total. The van der Waals surface area contributed by atoms with Crippen LogP contribution in [0, 0.1) is 0 Å². The van der Waals surface area contributed by atoms with Crippen molar-refractivity contribution in [3.05, 3.63) is 65.7 Å². The van der Waals surface area contributed by atoms with Crippen LogP contribution in [-0.4, -0.2) is 45.9 Å². The Morgan fingerprint density at radius 2 is 1.58 bits per heavy atom. The molecule has 0 fully saturated rings. The molecule has 0 saturated carbocycles. The number of rotatable bonds is 8. The number of phenols is 1. The van der Waals surface area contributed by atoms with E-state index in [1.54, 1.807) is 45.0 Å². The summed E-state index contributed by atoms with van der Waals surface area (Å²) in [5.74, 6) is -1.63. The van der Waals surface area contributed by atoms with E-state index in [0.717, 1.165) is 5.56 Å². The molecule has 9 heteroatoms. The van der Waals surface area contributed by atoms with Crippen LogP contribution in [0.1, 0.15) is 44.9 Å². The third kappa shape index (κ3) is 8.46. The predicted molar refractivity (Wildman–Crippen MR) is 120 cm³/mol. The molecule has 0 unspecified atom stereocenters. The number of hydrogen-bond donors (Lipinski definition) is 4. The number of nitrogens with one attached hydrogen (secondary N) is 2. The highest BCUT2D eigenvalue weighted by Gasteiger charge is 2.32. The molecular weight excluding hydrogens is 428 g/mol. The minimum absolute atomic E-state index is 0.0264. The Balaban J connectivity index is 2.17. The molecule has 178 valence electrons. The first-order valence-corrected chi connectivity index (χ1v) is 10.4. The molecule has 0 aromatic heterocycles. The Labute approximate surface area is 192 Å². The summed E-state index contributed by atoms with van der Waals surface area (Å²) in [4.78, 5) is 37.9. The summed E-state index contributed by atoms with van der Waals surface area (Å²) < 4.78 is 10.5. The van der Waals surface area contributed by atoms with Gasteiger partial charge in [-0.2, -0.15) is 0 Å². The minimum atomic E-state index is -1.37. The third-order valence-corrected chi connectivity index (χ3v) is 4.41. The number of phenolic OH excluding ortho intramolecular Hbond substituents is 1. The van der Waals surface area contributed by atoms with Crippen LogP contribution in [0.25, 0.3) is 0 Å². The van der Waals surface area contributed by atoms with E-state index in [9.17, 15) is 24.6 Å². The van der Waals surface area contributed by atoms with E-state index in [4.69, 9.17) is 9.47 Å². The van der Waals surface area contributed by atoms with Crippen molar-refractivity contribution in [2.75, 3.05) is 0 Å². The second-order valence-corrected chi connectivity index (χ2v) is 8.49. The van der Waals surface area contributed by atoms with Crippen molar-refractivity contribution in [3.8, 4) is 5.75 Å². The Morgan fingerprint density at radius 3 is 2.12 bits per heavy atom. The van der Waals surface area contributed by atoms with E-state index in [2.05, 4.69) is 10.6 Å². The van der Waals surface area contributed by atoms with E-state index >= 15 is 0 Å². The van der Waals surface area contributed by atoms with Crippen LogP contribution in [0.3, 0.4) is 0 Å². The zero-order valence-electron chi connectivity index (χ0n) is 19.1. The van der Waals surface area contributed by atoms with Crippen molar-refractivity contribution in [1.29, 1.82) is 0 Å². The number of hydrogen-bond acceptors (Lipinski definition) is 7. The molecule has 0 aliphatic carbocycles. The first-order valence-electron chi connectivity index (χ1n) is 10.4. The summed E-state index contributed by atoms with van der Waals surface area (Å²) >= 11 is 0. The van der Waals surface area contributed by atoms with Crippen molar-refractivity contribution in [1.82, 2.24) is 10.6 Å². The Kier molecular flexibility index (Phi) is 8.81. The maximum Gasteiger partial charge on any atom is 0.408 e. The van der Waals surface area contributed by atoms with Gasteiger partial charge in [-0.3, -0.25) is 4.79 Å². The Bertz CT molecular complexity index is 938. The van der Waals surface area contributed by atoms with Gasteiger partial charge in [-0.25, -0.2) is 9.59 Å². The highest BCUT2D eigenvalue weighted by atomic mass is 16.6. The normalized spacial score (nSPS) is 13.8. The average Bonchev–Trinajstić information content (AvgIpc) is 2.74. The molecule has 0 heterocycles. The number of carbonyl (C=O) groups excluding carboxylic acids is 3. The molecule has 0 bridgehead atoms. The monoisotopic (exact) mass is 458 g/mol. The van der Waals surface area contributed by atoms with Gasteiger partial charge in [0.15, 0.2) is 6.04 Å². The lowest BCUT2D eigenvalue weighted by molar-refractivity contribution is -0.152. The van der Waals surface area contributed by atoms with Gasteiger partial charge in [0.05, 0.1) is 6.10 Å². The quantitative estimate of drug-likeness (QED) is 0.447. The Morgan fingerprint density at radius 1 is 0.970 bits per heavy atom. The van der Waals surface area contributed by atoms with E-state index < -0.39 is 41.8 Å². The second kappa shape index (κ2) is 11.3. The maximum atomic E-state index is 13.1. The SMILES string of the molecule is C[C@@H](O)[C@@H](NC(=O)[C@@H](NC(=O)OC(C)(C)C)c1ccc(O)cc1)C(=O)OCc1ccccc1. The fraction of sp³-hybridized carbons (Fsp3) is 0.375. The molecule has 2 aromatic carbocycles. The maximum absolute atomic E-state index is 13.1. The van der Waals surface area contributed by atoms with Gasteiger partial charge in [0, 0.05) is 0 Å². The van der Waals surface area contributed by atoms with Crippen molar-refractivity contribution in [2.45, 2.75) is 58.1 Å². The van der Waals surface area contributed by atoms with Crippen LogP contribution in [0.2, 0.25) is 0 Å². The van der Waals surface area contributed by atoms with E-state index in [1.165, 1.54) is 31.2 Å². The number of carbonyl (C=O) groups is 3. The Hall–Kier alpha value is -3.59. The molecule has 0 aliphatic rings. The number of benzene rings is 2. The average molecular weight is 459 g/mol.